The number of rotatable bonds is 6. The van der Waals surface area contributed by atoms with Gasteiger partial charge in [-0.15, -0.1) is 0 Å². The number of hydrogen-bond acceptors (Lipinski definition) is 3. The van der Waals surface area contributed by atoms with Crippen molar-refractivity contribution in [2.45, 2.75) is 20.0 Å². The predicted molar refractivity (Wildman–Crippen MR) is 73.9 cm³/mol. The van der Waals surface area contributed by atoms with Crippen LogP contribution in [0.1, 0.15) is 24.5 Å². The summed E-state index contributed by atoms with van der Waals surface area (Å²) in [7, 11) is 0. The zero-order chi connectivity index (χ0) is 12.5. The molecular weight excluding hydrogens is 234 g/mol. The Balaban J connectivity index is 2.63. The normalized spacial score (nSPS) is 10.6. The zero-order valence-electron chi connectivity index (χ0n) is 9.85. The van der Waals surface area contributed by atoms with Crippen molar-refractivity contribution in [2.75, 3.05) is 6.61 Å². The van der Waals surface area contributed by atoms with Crippen molar-refractivity contribution in [1.82, 2.24) is 5.43 Å². The van der Waals surface area contributed by atoms with E-state index in [2.05, 4.69) is 29.7 Å². The first kappa shape index (κ1) is 13.6. The summed E-state index contributed by atoms with van der Waals surface area (Å²) >= 11 is 4.66. The predicted octanol–water partition coefficient (Wildman–Crippen LogP) is 1.78. The van der Waals surface area contributed by atoms with Crippen LogP contribution in [-0.4, -0.2) is 17.9 Å². The number of nitrogens with zero attached hydrogens (tertiary/aromatic N) is 1. The Morgan fingerprint density at radius 1 is 1.53 bits per heavy atom. The van der Waals surface area contributed by atoms with E-state index in [0.717, 1.165) is 24.2 Å². The lowest BCUT2D eigenvalue weighted by molar-refractivity contribution is 0.121. The first-order valence-electron chi connectivity index (χ1n) is 5.48. The van der Waals surface area contributed by atoms with Gasteiger partial charge in [0.25, 0.3) is 0 Å². The fourth-order valence-electron chi connectivity index (χ4n) is 1.28. The minimum absolute atomic E-state index is 0.154. The first-order chi connectivity index (χ1) is 8.24. The Hall–Kier alpha value is -1.46. The molecule has 0 aromatic heterocycles. The van der Waals surface area contributed by atoms with E-state index in [0.29, 0.717) is 6.61 Å². The van der Waals surface area contributed by atoms with E-state index < -0.39 is 0 Å². The number of ether oxygens (including phenoxy) is 1. The Morgan fingerprint density at radius 2 is 2.29 bits per heavy atom. The fourth-order valence-corrected chi connectivity index (χ4v) is 1.34. The molecule has 0 saturated carbocycles. The second-order valence-corrected chi connectivity index (χ2v) is 3.93. The van der Waals surface area contributed by atoms with E-state index in [1.54, 1.807) is 6.21 Å². The highest BCUT2D eigenvalue weighted by molar-refractivity contribution is 7.80. The summed E-state index contributed by atoms with van der Waals surface area (Å²) in [6, 6.07) is 7.90. The third kappa shape index (κ3) is 5.42. The Kier molecular flexibility index (Phi) is 6.21. The highest BCUT2D eigenvalue weighted by atomic mass is 32.1. The molecule has 0 amide bonds. The van der Waals surface area contributed by atoms with Gasteiger partial charge in [-0.25, -0.2) is 0 Å². The van der Waals surface area contributed by atoms with Gasteiger partial charge in [0.15, 0.2) is 5.11 Å². The molecule has 5 heteroatoms. The third-order valence-corrected chi connectivity index (χ3v) is 2.13. The molecule has 0 aliphatic carbocycles. The molecule has 0 saturated heterocycles. The second kappa shape index (κ2) is 7.76. The van der Waals surface area contributed by atoms with Crippen LogP contribution in [0.3, 0.4) is 0 Å². The van der Waals surface area contributed by atoms with E-state index in [1.165, 1.54) is 0 Å². The molecule has 17 heavy (non-hydrogen) atoms. The van der Waals surface area contributed by atoms with Gasteiger partial charge in [0, 0.05) is 12.2 Å². The standard InChI is InChI=1S/C12H17N3OS/c1-2-7-16-9-11-6-4-3-5-10(11)8-14-15-12(13)17/h3-6,8H,2,7,9H2,1H3,(H3,13,15,17). The van der Waals surface area contributed by atoms with Gasteiger partial charge < -0.3 is 10.5 Å². The SMILES string of the molecule is CCCOCc1ccccc1C=NNC(N)=S. The number of nitrogens with two attached hydrogens (primary N) is 1. The fraction of sp³-hybridized carbons (Fsp3) is 0.333. The number of benzene rings is 1. The lowest BCUT2D eigenvalue weighted by atomic mass is 10.1. The minimum Gasteiger partial charge on any atom is -0.377 e. The molecule has 0 spiro atoms. The van der Waals surface area contributed by atoms with Crippen LogP contribution in [0.2, 0.25) is 0 Å². The molecule has 0 radical (unpaired) electrons. The van der Waals surface area contributed by atoms with Gasteiger partial charge in [0.2, 0.25) is 0 Å². The monoisotopic (exact) mass is 251 g/mol. The molecule has 0 heterocycles. The molecule has 4 nitrogen and oxygen atoms in total. The summed E-state index contributed by atoms with van der Waals surface area (Å²) in [4.78, 5) is 0. The molecule has 0 aliphatic rings. The number of hydrogen-bond donors (Lipinski definition) is 2. The van der Waals surface area contributed by atoms with Crippen LogP contribution < -0.4 is 11.2 Å². The van der Waals surface area contributed by atoms with Crippen LogP contribution in [-0.2, 0) is 11.3 Å². The van der Waals surface area contributed by atoms with E-state index in [9.17, 15) is 0 Å². The molecule has 1 aromatic rings. The van der Waals surface area contributed by atoms with Gasteiger partial charge in [-0.05, 0) is 24.2 Å². The maximum absolute atomic E-state index is 5.50. The summed E-state index contributed by atoms with van der Waals surface area (Å²) in [6.45, 7) is 3.43. The molecular formula is C12H17N3OS. The topological polar surface area (TPSA) is 59.6 Å². The van der Waals surface area contributed by atoms with Crippen molar-refractivity contribution >= 4 is 23.5 Å². The van der Waals surface area contributed by atoms with Crippen LogP contribution >= 0.6 is 12.2 Å². The Labute approximate surface area is 107 Å². The first-order valence-corrected chi connectivity index (χ1v) is 5.89. The van der Waals surface area contributed by atoms with Crippen LogP contribution in [0.4, 0.5) is 0 Å². The lowest BCUT2D eigenvalue weighted by Gasteiger charge is -2.06. The van der Waals surface area contributed by atoms with Gasteiger partial charge in [-0.1, -0.05) is 31.2 Å². The smallest absolute Gasteiger partial charge is 0.184 e. The molecule has 92 valence electrons. The molecule has 0 fully saturated rings. The molecule has 0 bridgehead atoms. The molecule has 3 N–H and O–H groups in total. The molecule has 1 rings (SSSR count). The molecule has 1 aromatic carbocycles. The summed E-state index contributed by atoms with van der Waals surface area (Å²) in [5, 5.41) is 4.09. The van der Waals surface area contributed by atoms with Crippen molar-refractivity contribution < 1.29 is 4.74 Å². The summed E-state index contributed by atoms with van der Waals surface area (Å²) in [5.74, 6) is 0. The number of thiocarbonyl (C=S) groups is 1. The third-order valence-electron chi connectivity index (χ3n) is 2.04. The summed E-state index contributed by atoms with van der Waals surface area (Å²) in [6.07, 6.45) is 2.70. The maximum Gasteiger partial charge on any atom is 0.184 e. The van der Waals surface area contributed by atoms with Crippen LogP contribution in [0.15, 0.2) is 29.4 Å². The maximum atomic E-state index is 5.50. The van der Waals surface area contributed by atoms with Crippen LogP contribution in [0.5, 0.6) is 0 Å². The zero-order valence-corrected chi connectivity index (χ0v) is 10.7. The molecule has 0 aliphatic heterocycles. The average molecular weight is 251 g/mol. The highest BCUT2D eigenvalue weighted by Crippen LogP contribution is 2.07. The van der Waals surface area contributed by atoms with E-state index in [-0.39, 0.29) is 5.11 Å². The Morgan fingerprint density at radius 3 is 3.00 bits per heavy atom. The van der Waals surface area contributed by atoms with Gasteiger partial charge in [-0.3, -0.25) is 5.43 Å². The molecule has 0 atom stereocenters. The summed E-state index contributed by atoms with van der Waals surface area (Å²) in [5.41, 5.74) is 9.89. The second-order valence-electron chi connectivity index (χ2n) is 3.49. The van der Waals surface area contributed by atoms with Crippen molar-refractivity contribution in [2.24, 2.45) is 10.8 Å². The highest BCUT2D eigenvalue weighted by Gasteiger charge is 1.99. The average Bonchev–Trinajstić information content (AvgIpc) is 2.31. The van der Waals surface area contributed by atoms with Crippen molar-refractivity contribution in [3.05, 3.63) is 35.4 Å². The van der Waals surface area contributed by atoms with Gasteiger partial charge >= 0.3 is 0 Å². The van der Waals surface area contributed by atoms with Crippen molar-refractivity contribution in [1.29, 1.82) is 0 Å². The minimum atomic E-state index is 0.154. The lowest BCUT2D eigenvalue weighted by Crippen LogP contribution is -2.24. The van der Waals surface area contributed by atoms with Gasteiger partial charge in [0.1, 0.15) is 0 Å². The van der Waals surface area contributed by atoms with E-state index in [1.807, 2.05) is 24.3 Å². The van der Waals surface area contributed by atoms with Crippen molar-refractivity contribution in [3.63, 3.8) is 0 Å². The van der Waals surface area contributed by atoms with Crippen molar-refractivity contribution in [3.8, 4) is 0 Å². The van der Waals surface area contributed by atoms with Crippen LogP contribution in [0, 0.1) is 0 Å². The number of hydrazone groups is 1. The largest absolute Gasteiger partial charge is 0.377 e. The van der Waals surface area contributed by atoms with E-state index >= 15 is 0 Å². The van der Waals surface area contributed by atoms with Gasteiger partial charge in [0.05, 0.1) is 12.8 Å². The summed E-state index contributed by atoms with van der Waals surface area (Å²) < 4.78 is 5.50. The quantitative estimate of drug-likeness (QED) is 0.350. The van der Waals surface area contributed by atoms with Crippen LogP contribution in [0.25, 0.3) is 0 Å². The Bertz CT molecular complexity index is 393. The molecule has 0 unspecified atom stereocenters. The van der Waals surface area contributed by atoms with Gasteiger partial charge in [-0.2, -0.15) is 5.10 Å². The number of nitrogens with one attached hydrogen (secondary N) is 1. The van der Waals surface area contributed by atoms with E-state index in [4.69, 9.17) is 10.5 Å².